The fourth-order valence-electron chi connectivity index (χ4n) is 3.99. The molecular formula is C27H35ClN8O4. The van der Waals surface area contributed by atoms with Crippen LogP contribution in [0.3, 0.4) is 0 Å². The van der Waals surface area contributed by atoms with E-state index in [9.17, 15) is 14.4 Å². The summed E-state index contributed by atoms with van der Waals surface area (Å²) in [5.41, 5.74) is -0.220. The van der Waals surface area contributed by atoms with E-state index in [1.54, 1.807) is 11.1 Å². The quantitative estimate of drug-likeness (QED) is 0.329. The van der Waals surface area contributed by atoms with Crippen molar-refractivity contribution in [2.45, 2.75) is 58.7 Å². The SMILES string of the molecule is CC(C)(C)OC(=O)N(CCCNc1ncc(Cl)n(CC(=O)N(Cc2ccccc2)n2ccnn2)c1=O)CC1CC1. The fourth-order valence-corrected chi connectivity index (χ4v) is 4.17. The molecule has 1 aliphatic carbocycles. The molecular weight excluding hydrogens is 536 g/mol. The van der Waals surface area contributed by atoms with Gasteiger partial charge in [-0.15, -0.1) is 5.10 Å². The number of amides is 2. The maximum Gasteiger partial charge on any atom is 0.410 e. The summed E-state index contributed by atoms with van der Waals surface area (Å²) in [4.78, 5) is 46.4. The molecule has 40 heavy (non-hydrogen) atoms. The standard InChI is InChI=1S/C27H35ClN8O4/c1-27(2,3)40-26(39)33(17-21-10-11-21)14-7-12-29-24-25(38)34(22(28)16-30-24)19-23(37)35(36-15-13-31-32-36)18-20-8-5-4-6-9-20/h4-6,8-9,13,15-16,21H,7,10-12,14,17-19H2,1-3H3,(H,29,30). The summed E-state index contributed by atoms with van der Waals surface area (Å²) in [6, 6.07) is 9.41. The van der Waals surface area contributed by atoms with Crippen LogP contribution in [-0.4, -0.2) is 66.8 Å². The number of aromatic nitrogens is 5. The highest BCUT2D eigenvalue weighted by atomic mass is 35.5. The summed E-state index contributed by atoms with van der Waals surface area (Å²) in [5, 5.41) is 12.2. The maximum absolute atomic E-state index is 13.4. The molecule has 0 spiro atoms. The van der Waals surface area contributed by atoms with Crippen molar-refractivity contribution in [1.29, 1.82) is 0 Å². The number of rotatable bonds is 12. The van der Waals surface area contributed by atoms with Crippen LogP contribution >= 0.6 is 11.6 Å². The molecule has 1 aliphatic rings. The van der Waals surface area contributed by atoms with E-state index >= 15 is 0 Å². The van der Waals surface area contributed by atoms with E-state index in [0.29, 0.717) is 32.0 Å². The topological polar surface area (TPSA) is 127 Å². The van der Waals surface area contributed by atoms with Gasteiger partial charge < -0.3 is 15.0 Å². The van der Waals surface area contributed by atoms with Crippen molar-refractivity contribution in [1.82, 2.24) is 29.6 Å². The van der Waals surface area contributed by atoms with Crippen molar-refractivity contribution >= 4 is 29.4 Å². The Labute approximate surface area is 237 Å². The average Bonchev–Trinajstić information content (AvgIpc) is 3.56. The molecule has 13 heteroatoms. The van der Waals surface area contributed by atoms with Crippen molar-refractivity contribution in [3.05, 3.63) is 70.0 Å². The number of hydrogen-bond donors (Lipinski definition) is 1. The molecule has 12 nitrogen and oxygen atoms in total. The second kappa shape index (κ2) is 12.9. The van der Waals surface area contributed by atoms with E-state index in [2.05, 4.69) is 20.6 Å². The number of halogens is 1. The van der Waals surface area contributed by atoms with Gasteiger partial charge in [-0.3, -0.25) is 14.2 Å². The van der Waals surface area contributed by atoms with Crippen molar-refractivity contribution in [2.75, 3.05) is 30.0 Å². The first-order valence-corrected chi connectivity index (χ1v) is 13.7. The number of anilines is 1. The lowest BCUT2D eigenvalue weighted by Crippen LogP contribution is -2.44. The van der Waals surface area contributed by atoms with Crippen LogP contribution in [0.25, 0.3) is 0 Å². The van der Waals surface area contributed by atoms with E-state index in [1.807, 2.05) is 51.1 Å². The van der Waals surface area contributed by atoms with Crippen molar-refractivity contribution in [3.63, 3.8) is 0 Å². The van der Waals surface area contributed by atoms with Gasteiger partial charge in [0.25, 0.3) is 11.5 Å². The van der Waals surface area contributed by atoms with Gasteiger partial charge in [-0.05, 0) is 56.7 Å². The third kappa shape index (κ3) is 8.28. The number of carbonyl (C=O) groups is 2. The Morgan fingerprint density at radius 3 is 2.60 bits per heavy atom. The Balaban J connectivity index is 1.39. The molecule has 1 fully saturated rings. The van der Waals surface area contributed by atoms with E-state index in [0.717, 1.165) is 23.0 Å². The zero-order valence-electron chi connectivity index (χ0n) is 23.0. The molecule has 0 radical (unpaired) electrons. The number of nitrogens with zero attached hydrogens (tertiary/aromatic N) is 7. The molecule has 2 heterocycles. The molecule has 2 amide bonds. The fraction of sp³-hybridized carbons (Fsp3) is 0.481. The first-order valence-electron chi connectivity index (χ1n) is 13.3. The molecule has 0 bridgehead atoms. The van der Waals surface area contributed by atoms with Gasteiger partial charge in [-0.2, -0.15) is 4.79 Å². The largest absolute Gasteiger partial charge is 0.444 e. The highest BCUT2D eigenvalue weighted by Crippen LogP contribution is 2.30. The van der Waals surface area contributed by atoms with Crippen LogP contribution < -0.4 is 15.9 Å². The van der Waals surface area contributed by atoms with Gasteiger partial charge >= 0.3 is 6.09 Å². The monoisotopic (exact) mass is 570 g/mol. The first kappa shape index (κ1) is 29.1. The Kier molecular flexibility index (Phi) is 9.41. The number of benzene rings is 1. The third-order valence-corrected chi connectivity index (χ3v) is 6.45. The predicted octanol–water partition coefficient (Wildman–Crippen LogP) is 3.30. The molecule has 0 unspecified atom stereocenters. The van der Waals surface area contributed by atoms with Crippen LogP contribution in [0.15, 0.2) is 53.7 Å². The van der Waals surface area contributed by atoms with E-state index < -0.39 is 17.1 Å². The molecule has 0 atom stereocenters. The molecule has 0 aliphatic heterocycles. The van der Waals surface area contributed by atoms with Gasteiger partial charge in [0.15, 0.2) is 5.82 Å². The molecule has 1 saturated carbocycles. The second-order valence-electron chi connectivity index (χ2n) is 10.7. The number of ether oxygens (including phenoxy) is 1. The number of carbonyl (C=O) groups excluding carboxylic acids is 2. The summed E-state index contributed by atoms with van der Waals surface area (Å²) in [6.07, 6.45) is 6.81. The molecule has 2 aromatic heterocycles. The summed E-state index contributed by atoms with van der Waals surface area (Å²) < 4.78 is 6.71. The molecule has 214 valence electrons. The number of nitrogens with one attached hydrogen (secondary N) is 1. The summed E-state index contributed by atoms with van der Waals surface area (Å²) in [6.45, 7) is 6.96. The predicted molar refractivity (Wildman–Crippen MR) is 151 cm³/mol. The lowest BCUT2D eigenvalue weighted by Gasteiger charge is -2.27. The van der Waals surface area contributed by atoms with Gasteiger partial charge in [0.1, 0.15) is 17.3 Å². The summed E-state index contributed by atoms with van der Waals surface area (Å²) >= 11 is 6.29. The maximum atomic E-state index is 13.4. The van der Waals surface area contributed by atoms with Crippen molar-refractivity contribution < 1.29 is 14.3 Å². The van der Waals surface area contributed by atoms with Gasteiger partial charge in [0, 0.05) is 19.6 Å². The van der Waals surface area contributed by atoms with E-state index in [1.165, 1.54) is 22.2 Å². The van der Waals surface area contributed by atoms with E-state index in [4.69, 9.17) is 16.3 Å². The van der Waals surface area contributed by atoms with Crippen LogP contribution in [0.5, 0.6) is 0 Å². The third-order valence-electron chi connectivity index (χ3n) is 6.14. The lowest BCUT2D eigenvalue weighted by molar-refractivity contribution is -0.121. The average molecular weight is 571 g/mol. The van der Waals surface area contributed by atoms with Crippen LogP contribution in [0, 0.1) is 5.92 Å². The Morgan fingerprint density at radius 2 is 1.95 bits per heavy atom. The first-order chi connectivity index (χ1) is 19.1. The Bertz CT molecular complexity index is 1340. The summed E-state index contributed by atoms with van der Waals surface area (Å²) in [7, 11) is 0. The highest BCUT2D eigenvalue weighted by Gasteiger charge is 2.29. The Morgan fingerprint density at radius 1 is 1.20 bits per heavy atom. The summed E-state index contributed by atoms with van der Waals surface area (Å²) in [5.74, 6) is 0.171. The molecule has 1 aromatic carbocycles. The molecule has 4 rings (SSSR count). The van der Waals surface area contributed by atoms with Gasteiger partial charge in [-0.1, -0.05) is 41.9 Å². The number of hydrogen-bond acceptors (Lipinski definition) is 8. The van der Waals surface area contributed by atoms with Gasteiger partial charge in [0.05, 0.1) is 25.1 Å². The molecule has 0 saturated heterocycles. The minimum absolute atomic E-state index is 0.0303. The van der Waals surface area contributed by atoms with Gasteiger partial charge in [-0.25, -0.2) is 14.8 Å². The molecule has 1 N–H and O–H groups in total. The zero-order valence-corrected chi connectivity index (χ0v) is 23.8. The Hall–Kier alpha value is -3.93. The normalized spacial score (nSPS) is 13.1. The van der Waals surface area contributed by atoms with Gasteiger partial charge in [0.2, 0.25) is 0 Å². The smallest absolute Gasteiger partial charge is 0.410 e. The van der Waals surface area contributed by atoms with Crippen LogP contribution in [-0.2, 0) is 22.6 Å². The van der Waals surface area contributed by atoms with Crippen molar-refractivity contribution in [2.24, 2.45) is 5.92 Å². The molecule has 3 aromatic rings. The van der Waals surface area contributed by atoms with Crippen molar-refractivity contribution in [3.8, 4) is 0 Å². The minimum Gasteiger partial charge on any atom is -0.444 e. The zero-order chi connectivity index (χ0) is 28.7. The van der Waals surface area contributed by atoms with Crippen LogP contribution in [0.2, 0.25) is 5.15 Å². The highest BCUT2D eigenvalue weighted by molar-refractivity contribution is 6.29. The van der Waals surface area contributed by atoms with Crippen LogP contribution in [0.1, 0.15) is 45.6 Å². The van der Waals surface area contributed by atoms with E-state index in [-0.39, 0.29) is 30.2 Å². The lowest BCUT2D eigenvalue weighted by atomic mass is 10.2. The minimum atomic E-state index is -0.572. The van der Waals surface area contributed by atoms with Crippen LogP contribution in [0.4, 0.5) is 10.6 Å². The second-order valence-corrected chi connectivity index (χ2v) is 11.1.